The number of benzene rings is 2. The molecule has 1 N–H and O–H groups in total. The van der Waals surface area contributed by atoms with Crippen molar-refractivity contribution in [3.8, 4) is 11.5 Å². The van der Waals surface area contributed by atoms with Crippen molar-refractivity contribution in [2.45, 2.75) is 33.1 Å². The van der Waals surface area contributed by atoms with Crippen LogP contribution in [-0.2, 0) is 22.4 Å². The number of nitrogens with zero attached hydrogens (tertiary/aromatic N) is 1. The fraction of sp³-hybridized carbons (Fsp3) is 0.391. The molecule has 1 aliphatic heterocycles. The number of rotatable bonds is 7. The predicted molar refractivity (Wildman–Crippen MR) is 114 cm³/mol. The van der Waals surface area contributed by atoms with Crippen molar-refractivity contribution < 1.29 is 19.1 Å². The highest BCUT2D eigenvalue weighted by atomic mass is 16.5. The Morgan fingerprint density at radius 1 is 1.10 bits per heavy atom. The van der Waals surface area contributed by atoms with E-state index in [0.29, 0.717) is 23.7 Å². The van der Waals surface area contributed by atoms with Gasteiger partial charge in [0.25, 0.3) is 0 Å². The van der Waals surface area contributed by atoms with Gasteiger partial charge in [0.05, 0.1) is 25.8 Å². The molecule has 1 unspecified atom stereocenters. The van der Waals surface area contributed by atoms with Crippen LogP contribution >= 0.6 is 0 Å². The summed E-state index contributed by atoms with van der Waals surface area (Å²) in [7, 11) is 3.11. The molecule has 1 fully saturated rings. The van der Waals surface area contributed by atoms with Gasteiger partial charge in [-0.05, 0) is 36.1 Å². The van der Waals surface area contributed by atoms with Crippen LogP contribution in [0.2, 0.25) is 0 Å². The molecule has 154 valence electrons. The zero-order valence-corrected chi connectivity index (χ0v) is 17.5. The van der Waals surface area contributed by atoms with Crippen LogP contribution in [0.1, 0.15) is 31.4 Å². The quantitative estimate of drug-likeness (QED) is 0.773. The first-order chi connectivity index (χ1) is 14.0. The lowest BCUT2D eigenvalue weighted by atomic mass is 10.0. The summed E-state index contributed by atoms with van der Waals surface area (Å²) >= 11 is 0. The van der Waals surface area contributed by atoms with Gasteiger partial charge in [0, 0.05) is 24.7 Å². The number of methoxy groups -OCH3 is 2. The number of nitrogens with one attached hydrogen (secondary N) is 1. The van der Waals surface area contributed by atoms with Crippen molar-refractivity contribution in [2.75, 3.05) is 31.0 Å². The number of aryl methyl sites for hydroxylation is 2. The summed E-state index contributed by atoms with van der Waals surface area (Å²) in [4.78, 5) is 27.5. The second kappa shape index (κ2) is 8.99. The molecule has 3 rings (SSSR count). The third kappa shape index (κ3) is 4.21. The summed E-state index contributed by atoms with van der Waals surface area (Å²) in [6, 6.07) is 11.4. The first kappa shape index (κ1) is 20.7. The van der Waals surface area contributed by atoms with Crippen LogP contribution in [-0.4, -0.2) is 32.6 Å². The number of hydrogen-bond donors (Lipinski definition) is 1. The van der Waals surface area contributed by atoms with Crippen molar-refractivity contribution in [2.24, 2.45) is 5.92 Å². The Balaban J connectivity index is 1.80. The summed E-state index contributed by atoms with van der Waals surface area (Å²) in [5, 5.41) is 2.91. The standard InChI is InChI=1S/C23H28N2O4/c1-5-15-8-7-9-16(6-2)22(15)25-14-17(12-21(25)26)23(27)24-19-11-10-18(28-3)13-20(19)29-4/h7-11,13,17H,5-6,12,14H2,1-4H3,(H,24,27). The summed E-state index contributed by atoms with van der Waals surface area (Å²) < 4.78 is 10.5. The van der Waals surface area contributed by atoms with Gasteiger partial charge in [-0.25, -0.2) is 0 Å². The predicted octanol–water partition coefficient (Wildman–Crippen LogP) is 3.82. The van der Waals surface area contributed by atoms with Crippen molar-refractivity contribution in [3.63, 3.8) is 0 Å². The summed E-state index contributed by atoms with van der Waals surface area (Å²) in [6.45, 7) is 4.55. The molecule has 6 nitrogen and oxygen atoms in total. The Hall–Kier alpha value is -3.02. The third-order valence-electron chi connectivity index (χ3n) is 5.40. The first-order valence-corrected chi connectivity index (χ1v) is 9.96. The zero-order chi connectivity index (χ0) is 21.0. The largest absolute Gasteiger partial charge is 0.497 e. The van der Waals surface area contributed by atoms with Crippen LogP contribution in [0, 0.1) is 5.92 Å². The van der Waals surface area contributed by atoms with Gasteiger partial charge in [0.15, 0.2) is 0 Å². The fourth-order valence-corrected chi connectivity index (χ4v) is 3.80. The maximum absolute atomic E-state index is 12.9. The Morgan fingerprint density at radius 2 is 1.79 bits per heavy atom. The molecule has 0 saturated carbocycles. The molecule has 1 aliphatic rings. The first-order valence-electron chi connectivity index (χ1n) is 9.96. The van der Waals surface area contributed by atoms with E-state index in [2.05, 4.69) is 31.3 Å². The maximum Gasteiger partial charge on any atom is 0.229 e. The number of carbonyl (C=O) groups is 2. The van der Waals surface area contributed by atoms with E-state index in [1.54, 1.807) is 37.3 Å². The summed E-state index contributed by atoms with van der Waals surface area (Å²) in [6.07, 6.45) is 1.88. The molecule has 6 heteroatoms. The van der Waals surface area contributed by atoms with Crippen LogP contribution in [0.4, 0.5) is 11.4 Å². The number of anilines is 2. The molecule has 0 aromatic heterocycles. The third-order valence-corrected chi connectivity index (χ3v) is 5.40. The van der Waals surface area contributed by atoms with Crippen LogP contribution in [0.3, 0.4) is 0 Å². The van der Waals surface area contributed by atoms with E-state index in [1.165, 1.54) is 0 Å². The smallest absolute Gasteiger partial charge is 0.229 e. The summed E-state index contributed by atoms with van der Waals surface area (Å²) in [5.74, 6) is 0.552. The molecular weight excluding hydrogens is 368 g/mol. The average Bonchev–Trinajstić information content (AvgIpc) is 3.14. The molecule has 0 bridgehead atoms. The number of hydrogen-bond acceptors (Lipinski definition) is 4. The SMILES string of the molecule is CCc1cccc(CC)c1N1CC(C(=O)Nc2ccc(OC)cc2OC)CC1=O. The topological polar surface area (TPSA) is 67.9 Å². The molecule has 2 amide bonds. The molecule has 1 atom stereocenters. The van der Waals surface area contributed by atoms with Gasteiger partial charge in [0.2, 0.25) is 11.8 Å². The molecule has 1 heterocycles. The monoisotopic (exact) mass is 396 g/mol. The summed E-state index contributed by atoms with van der Waals surface area (Å²) in [5.41, 5.74) is 3.80. The highest BCUT2D eigenvalue weighted by molar-refractivity contribution is 6.04. The number of carbonyl (C=O) groups excluding carboxylic acids is 2. The van der Waals surface area contributed by atoms with Crippen molar-refractivity contribution in [3.05, 3.63) is 47.5 Å². The highest BCUT2D eigenvalue weighted by Crippen LogP contribution is 2.34. The number of para-hydroxylation sites is 1. The molecule has 2 aromatic carbocycles. The minimum absolute atomic E-state index is 0.0116. The van der Waals surface area contributed by atoms with E-state index >= 15 is 0 Å². The normalized spacial score (nSPS) is 16.1. The zero-order valence-electron chi connectivity index (χ0n) is 17.5. The van der Waals surface area contributed by atoms with Crippen LogP contribution in [0.5, 0.6) is 11.5 Å². The fourth-order valence-electron chi connectivity index (χ4n) is 3.80. The van der Waals surface area contributed by atoms with E-state index < -0.39 is 5.92 Å². The van der Waals surface area contributed by atoms with Crippen LogP contribution < -0.4 is 19.7 Å². The Labute approximate surface area is 171 Å². The Morgan fingerprint density at radius 3 is 2.38 bits per heavy atom. The molecular formula is C23H28N2O4. The lowest BCUT2D eigenvalue weighted by Crippen LogP contribution is -2.29. The minimum Gasteiger partial charge on any atom is -0.497 e. The van der Waals surface area contributed by atoms with Crippen molar-refractivity contribution >= 4 is 23.2 Å². The van der Waals surface area contributed by atoms with E-state index in [1.807, 2.05) is 6.07 Å². The maximum atomic E-state index is 12.9. The lowest BCUT2D eigenvalue weighted by Gasteiger charge is -2.23. The van der Waals surface area contributed by atoms with Crippen molar-refractivity contribution in [1.82, 2.24) is 0 Å². The Bertz CT molecular complexity index is 887. The number of amides is 2. The minimum atomic E-state index is -0.413. The average molecular weight is 396 g/mol. The van der Waals surface area contributed by atoms with Gasteiger partial charge in [-0.2, -0.15) is 0 Å². The van der Waals surface area contributed by atoms with Crippen LogP contribution in [0.25, 0.3) is 0 Å². The molecule has 1 saturated heterocycles. The van der Waals surface area contributed by atoms with Gasteiger partial charge in [-0.15, -0.1) is 0 Å². The molecule has 0 radical (unpaired) electrons. The van der Waals surface area contributed by atoms with Gasteiger partial charge in [-0.3, -0.25) is 9.59 Å². The lowest BCUT2D eigenvalue weighted by molar-refractivity contribution is -0.122. The van der Waals surface area contributed by atoms with Gasteiger partial charge < -0.3 is 19.7 Å². The second-order valence-electron chi connectivity index (χ2n) is 7.09. The molecule has 2 aromatic rings. The van der Waals surface area contributed by atoms with Crippen molar-refractivity contribution in [1.29, 1.82) is 0 Å². The molecule has 0 spiro atoms. The van der Waals surface area contributed by atoms with Gasteiger partial charge in [0.1, 0.15) is 11.5 Å². The van der Waals surface area contributed by atoms with Gasteiger partial charge >= 0.3 is 0 Å². The van der Waals surface area contributed by atoms with E-state index in [0.717, 1.165) is 29.7 Å². The van der Waals surface area contributed by atoms with E-state index in [4.69, 9.17) is 9.47 Å². The van der Waals surface area contributed by atoms with E-state index in [9.17, 15) is 9.59 Å². The van der Waals surface area contributed by atoms with Gasteiger partial charge in [-0.1, -0.05) is 32.0 Å². The number of ether oxygens (including phenoxy) is 2. The highest BCUT2D eigenvalue weighted by Gasteiger charge is 2.36. The van der Waals surface area contributed by atoms with E-state index in [-0.39, 0.29) is 18.2 Å². The molecule has 29 heavy (non-hydrogen) atoms. The van der Waals surface area contributed by atoms with Crippen LogP contribution in [0.15, 0.2) is 36.4 Å². The second-order valence-corrected chi connectivity index (χ2v) is 7.09. The molecule has 0 aliphatic carbocycles. The Kier molecular flexibility index (Phi) is 6.42.